The molecule has 2 N–H and O–H groups in total. The molecule has 0 bridgehead atoms. The molecule has 2 unspecified atom stereocenters. The fourth-order valence-electron chi connectivity index (χ4n) is 2.21. The van der Waals surface area contributed by atoms with E-state index in [1.54, 1.807) is 27.7 Å². The van der Waals surface area contributed by atoms with Gasteiger partial charge in [-0.05, 0) is 34.6 Å². The third kappa shape index (κ3) is 2.76. The van der Waals surface area contributed by atoms with Crippen LogP contribution in [0, 0.1) is 0 Å². The molecular formula is C10H20NO5P. The van der Waals surface area contributed by atoms with Crippen LogP contribution in [0.4, 0.5) is 0 Å². The predicted molar refractivity (Wildman–Crippen MR) is 62.5 cm³/mol. The molecule has 0 saturated carbocycles. The van der Waals surface area contributed by atoms with E-state index in [0.29, 0.717) is 0 Å². The van der Waals surface area contributed by atoms with Crippen molar-refractivity contribution in [2.45, 2.75) is 58.1 Å². The van der Waals surface area contributed by atoms with Crippen LogP contribution in [0.3, 0.4) is 0 Å². The highest BCUT2D eigenvalue weighted by atomic mass is 31.1. The molecule has 0 amide bonds. The summed E-state index contributed by atoms with van der Waals surface area (Å²) in [6, 6.07) is -0.651. The van der Waals surface area contributed by atoms with Crippen LogP contribution >= 0.6 is 7.68 Å². The van der Waals surface area contributed by atoms with Crippen molar-refractivity contribution in [3.05, 3.63) is 0 Å². The van der Waals surface area contributed by atoms with Crippen molar-refractivity contribution >= 4 is 13.6 Å². The molecule has 0 rings (SSSR count). The average Bonchev–Trinajstić information content (AvgIpc) is 2.09. The number of carboxylic acid groups (broad SMARTS) is 1. The Morgan fingerprint density at radius 1 is 1.12 bits per heavy atom. The fraction of sp³-hybridized carbons (Fsp3) is 0.900. The van der Waals surface area contributed by atoms with Gasteiger partial charge in [0.1, 0.15) is 0 Å². The first-order valence-electron chi connectivity index (χ1n) is 5.44. The summed E-state index contributed by atoms with van der Waals surface area (Å²) in [5.74, 6) is -1.55. The molecule has 0 aromatic heterocycles. The van der Waals surface area contributed by atoms with Gasteiger partial charge in [-0.2, -0.15) is 0 Å². The van der Waals surface area contributed by atoms with Gasteiger partial charge in [0, 0.05) is 12.1 Å². The molecule has 0 aromatic carbocycles. The van der Waals surface area contributed by atoms with Crippen molar-refractivity contribution in [1.82, 2.24) is 4.90 Å². The molecule has 0 saturated heterocycles. The number of aliphatic hydroxyl groups excluding tert-OH is 1. The lowest BCUT2D eigenvalue weighted by Crippen LogP contribution is -2.62. The minimum absolute atomic E-state index is 0.325. The summed E-state index contributed by atoms with van der Waals surface area (Å²) in [6.07, 6.45) is -1.52. The molecule has 0 fully saturated rings. The van der Waals surface area contributed by atoms with Crippen molar-refractivity contribution in [2.75, 3.05) is 0 Å². The smallest absolute Gasteiger partial charge is 0.351 e. The second-order valence-electron chi connectivity index (χ2n) is 4.56. The largest absolute Gasteiger partial charge is 0.479 e. The zero-order chi connectivity index (χ0) is 14.0. The topological polar surface area (TPSA) is 94.9 Å². The summed E-state index contributed by atoms with van der Waals surface area (Å²) in [7, 11) is -3.35. The normalized spacial score (nSPS) is 17.2. The summed E-state index contributed by atoms with van der Waals surface area (Å²) in [5.41, 5.74) is 0. The van der Waals surface area contributed by atoms with E-state index >= 15 is 0 Å². The maximum Gasteiger partial charge on any atom is 0.351 e. The molecule has 17 heavy (non-hydrogen) atoms. The van der Waals surface area contributed by atoms with Gasteiger partial charge >= 0.3 is 13.6 Å². The summed E-state index contributed by atoms with van der Waals surface area (Å²) < 4.78 is 22.8. The maximum absolute atomic E-state index is 11.4. The van der Waals surface area contributed by atoms with Gasteiger partial charge in [-0.1, -0.05) is 0 Å². The van der Waals surface area contributed by atoms with Gasteiger partial charge in [0.25, 0.3) is 5.28 Å². The highest BCUT2D eigenvalue weighted by molar-refractivity contribution is 7.34. The average molecular weight is 265 g/mol. The number of rotatable bonds is 6. The Morgan fingerprint density at radius 3 is 1.53 bits per heavy atom. The molecule has 0 radical (unpaired) electrons. The Kier molecular flexibility index (Phi) is 5.52. The monoisotopic (exact) mass is 265 g/mol. The number of hydrogen-bond donors (Lipinski definition) is 2. The molecule has 0 aromatic rings. The number of hydrogen-bond acceptors (Lipinski definition) is 5. The fourth-order valence-corrected chi connectivity index (χ4v) is 3.33. The van der Waals surface area contributed by atoms with Gasteiger partial charge in [-0.15, -0.1) is 0 Å². The molecule has 0 aliphatic rings. The lowest BCUT2D eigenvalue weighted by molar-refractivity contribution is -0.154. The molecule has 0 aliphatic heterocycles. The Balaban J connectivity index is 5.98. The Morgan fingerprint density at radius 2 is 1.47 bits per heavy atom. The first-order chi connectivity index (χ1) is 7.59. The number of carboxylic acids is 1. The molecule has 2 atom stereocenters. The first-order valence-corrected chi connectivity index (χ1v) is 6.62. The van der Waals surface area contributed by atoms with Crippen LogP contribution in [0.1, 0.15) is 34.6 Å². The Bertz CT molecular complexity index is 335. The lowest BCUT2D eigenvalue weighted by atomic mass is 10.1. The number of nitrogens with zero attached hydrogens (tertiary/aromatic N) is 1. The van der Waals surface area contributed by atoms with Gasteiger partial charge in [0.2, 0.25) is 0 Å². The van der Waals surface area contributed by atoms with E-state index in [-0.39, 0.29) is 12.1 Å². The highest BCUT2D eigenvalue weighted by Gasteiger charge is 2.56. The second-order valence-corrected chi connectivity index (χ2v) is 5.76. The SMILES string of the molecule is CC(C)N(C(C)C)C(C(=O)O)(C(C)O)P(=O)=O. The van der Waals surface area contributed by atoms with Crippen molar-refractivity contribution < 1.29 is 24.1 Å². The summed E-state index contributed by atoms with van der Waals surface area (Å²) >= 11 is 0. The van der Waals surface area contributed by atoms with Gasteiger partial charge in [0.15, 0.2) is 0 Å². The van der Waals surface area contributed by atoms with E-state index in [2.05, 4.69) is 0 Å². The van der Waals surface area contributed by atoms with Crippen LogP contribution in [-0.4, -0.2) is 44.5 Å². The minimum atomic E-state index is -3.35. The van der Waals surface area contributed by atoms with Crippen molar-refractivity contribution in [3.63, 3.8) is 0 Å². The van der Waals surface area contributed by atoms with E-state index in [1.165, 1.54) is 11.8 Å². The van der Waals surface area contributed by atoms with Crippen molar-refractivity contribution in [1.29, 1.82) is 0 Å². The molecule has 0 heterocycles. The maximum atomic E-state index is 11.4. The van der Waals surface area contributed by atoms with Crippen LogP contribution < -0.4 is 0 Å². The number of carbonyl (C=O) groups is 1. The van der Waals surface area contributed by atoms with E-state index < -0.39 is 25.0 Å². The first kappa shape index (κ1) is 16.3. The van der Waals surface area contributed by atoms with Gasteiger partial charge in [0.05, 0.1) is 6.10 Å². The molecule has 6 nitrogen and oxygen atoms in total. The van der Waals surface area contributed by atoms with Crippen molar-refractivity contribution in [2.24, 2.45) is 0 Å². The van der Waals surface area contributed by atoms with Crippen LogP contribution in [0.25, 0.3) is 0 Å². The highest BCUT2D eigenvalue weighted by Crippen LogP contribution is 2.39. The zero-order valence-corrected chi connectivity index (χ0v) is 11.6. The van der Waals surface area contributed by atoms with Gasteiger partial charge in [-0.3, -0.25) is 4.90 Å². The third-order valence-electron chi connectivity index (χ3n) is 2.68. The molecular weight excluding hydrogens is 245 g/mol. The number of aliphatic carboxylic acids is 1. The van der Waals surface area contributed by atoms with Crippen LogP contribution in [-0.2, 0) is 13.9 Å². The second kappa shape index (κ2) is 5.76. The summed E-state index contributed by atoms with van der Waals surface area (Å²) in [5, 5.41) is 16.6. The Labute approximate surface area is 101 Å². The summed E-state index contributed by atoms with van der Waals surface area (Å²) in [4.78, 5) is 12.7. The van der Waals surface area contributed by atoms with Crippen LogP contribution in [0.5, 0.6) is 0 Å². The van der Waals surface area contributed by atoms with E-state index in [1.807, 2.05) is 0 Å². The zero-order valence-electron chi connectivity index (χ0n) is 10.7. The number of aliphatic hydroxyl groups is 1. The van der Waals surface area contributed by atoms with Gasteiger partial charge < -0.3 is 10.2 Å². The standard InChI is InChI=1S/C10H20NO5P/c1-6(2)11(7(3)4)10(8(5)12,9(13)14)17(15)16/h6-8,12H,1-5H3,(H,13,14). The molecule has 7 heteroatoms. The minimum Gasteiger partial charge on any atom is -0.479 e. The predicted octanol–water partition coefficient (Wildman–Crippen LogP) is 1.44. The van der Waals surface area contributed by atoms with E-state index in [0.717, 1.165) is 0 Å². The molecule has 100 valence electrons. The quantitative estimate of drug-likeness (QED) is 0.705. The molecule has 0 aliphatic carbocycles. The van der Waals surface area contributed by atoms with E-state index in [9.17, 15) is 24.1 Å². The van der Waals surface area contributed by atoms with Crippen LogP contribution in [0.2, 0.25) is 0 Å². The lowest BCUT2D eigenvalue weighted by Gasteiger charge is -2.42. The van der Waals surface area contributed by atoms with Gasteiger partial charge in [-0.25, -0.2) is 13.9 Å². The molecule has 0 spiro atoms. The van der Waals surface area contributed by atoms with E-state index in [4.69, 9.17) is 0 Å². The van der Waals surface area contributed by atoms with Crippen molar-refractivity contribution in [3.8, 4) is 0 Å². The third-order valence-corrected chi connectivity index (χ3v) is 4.03. The Hall–Kier alpha value is -0.710. The summed E-state index contributed by atoms with van der Waals surface area (Å²) in [6.45, 7) is 7.95. The van der Waals surface area contributed by atoms with Crippen LogP contribution in [0.15, 0.2) is 0 Å².